The van der Waals surface area contributed by atoms with E-state index in [1.54, 1.807) is 24.0 Å². The molecule has 9 heteroatoms. The van der Waals surface area contributed by atoms with Crippen LogP contribution in [0.2, 0.25) is 0 Å². The molecule has 2 aromatic rings. The lowest BCUT2D eigenvalue weighted by atomic mass is 9.97. The second-order valence-electron chi connectivity index (χ2n) is 7.94. The molecule has 0 atom stereocenters. The Morgan fingerprint density at radius 1 is 1.03 bits per heavy atom. The Labute approximate surface area is 183 Å². The van der Waals surface area contributed by atoms with Crippen LogP contribution in [0.15, 0.2) is 29.3 Å². The summed E-state index contributed by atoms with van der Waals surface area (Å²) < 4.78 is 43.9. The maximum Gasteiger partial charge on any atom is 0.254 e. The SMILES string of the molecule is CNC(=O)c1ccc(N2CCN(Cc3ccc4c(c3F)CC(=O)C(C)=N4)CC2)c(F)c1F. The number of aliphatic imine (C=N–C) groups is 1. The van der Waals surface area contributed by atoms with E-state index in [1.165, 1.54) is 19.2 Å². The molecule has 4 rings (SSSR count). The molecule has 168 valence electrons. The zero-order chi connectivity index (χ0) is 23.0. The van der Waals surface area contributed by atoms with Gasteiger partial charge in [0.25, 0.3) is 5.91 Å². The molecule has 1 saturated heterocycles. The van der Waals surface area contributed by atoms with E-state index in [9.17, 15) is 22.8 Å². The van der Waals surface area contributed by atoms with Crippen molar-refractivity contribution in [2.24, 2.45) is 4.99 Å². The largest absolute Gasteiger partial charge is 0.367 e. The van der Waals surface area contributed by atoms with Crippen LogP contribution < -0.4 is 10.2 Å². The average molecular weight is 444 g/mol. The Kier molecular flexibility index (Phi) is 6.01. The summed E-state index contributed by atoms with van der Waals surface area (Å²) in [6.45, 7) is 3.85. The molecule has 0 unspecified atom stereocenters. The summed E-state index contributed by atoms with van der Waals surface area (Å²) in [6, 6.07) is 6.08. The number of ketones is 1. The topological polar surface area (TPSA) is 65.0 Å². The molecule has 1 amide bonds. The Hall–Kier alpha value is -3.20. The van der Waals surface area contributed by atoms with E-state index >= 15 is 0 Å². The van der Waals surface area contributed by atoms with E-state index in [4.69, 9.17) is 0 Å². The van der Waals surface area contributed by atoms with E-state index < -0.39 is 23.4 Å². The third kappa shape index (κ3) is 4.00. The van der Waals surface area contributed by atoms with Gasteiger partial charge < -0.3 is 10.2 Å². The first-order chi connectivity index (χ1) is 15.3. The molecule has 0 aromatic heterocycles. The van der Waals surface area contributed by atoms with E-state index in [0.717, 1.165) is 0 Å². The number of carbonyl (C=O) groups excluding carboxylic acids is 2. The molecule has 2 heterocycles. The molecule has 0 radical (unpaired) electrons. The van der Waals surface area contributed by atoms with Gasteiger partial charge in [0.05, 0.1) is 22.6 Å². The highest BCUT2D eigenvalue weighted by atomic mass is 19.2. The number of nitrogens with one attached hydrogen (secondary N) is 1. The van der Waals surface area contributed by atoms with Crippen LogP contribution >= 0.6 is 0 Å². The molecular weight excluding hydrogens is 421 g/mol. The number of hydrogen-bond donors (Lipinski definition) is 1. The van der Waals surface area contributed by atoms with Crippen molar-refractivity contribution in [3.8, 4) is 0 Å². The maximum absolute atomic E-state index is 15.0. The van der Waals surface area contributed by atoms with Gasteiger partial charge in [0.2, 0.25) is 0 Å². The van der Waals surface area contributed by atoms with E-state index in [2.05, 4.69) is 10.3 Å². The maximum atomic E-state index is 15.0. The molecule has 1 fully saturated rings. The predicted octanol–water partition coefficient (Wildman–Crippen LogP) is 3.00. The Balaban J connectivity index is 1.44. The van der Waals surface area contributed by atoms with Crippen molar-refractivity contribution in [2.45, 2.75) is 19.9 Å². The lowest BCUT2D eigenvalue weighted by Crippen LogP contribution is -2.46. The van der Waals surface area contributed by atoms with Gasteiger partial charge >= 0.3 is 0 Å². The van der Waals surface area contributed by atoms with Gasteiger partial charge in [-0.05, 0) is 25.1 Å². The minimum Gasteiger partial charge on any atom is -0.367 e. The Bertz CT molecular complexity index is 1120. The fourth-order valence-corrected chi connectivity index (χ4v) is 4.07. The van der Waals surface area contributed by atoms with Crippen LogP contribution in [-0.2, 0) is 17.8 Å². The van der Waals surface area contributed by atoms with Gasteiger partial charge in [-0.2, -0.15) is 0 Å². The lowest BCUT2D eigenvalue weighted by molar-refractivity contribution is -0.112. The summed E-state index contributed by atoms with van der Waals surface area (Å²) in [5.41, 5.74) is 1.44. The summed E-state index contributed by atoms with van der Waals surface area (Å²) in [5.74, 6) is -3.51. The van der Waals surface area contributed by atoms with E-state index in [0.29, 0.717) is 55.2 Å². The molecule has 0 saturated carbocycles. The van der Waals surface area contributed by atoms with Gasteiger partial charge in [0.1, 0.15) is 5.82 Å². The number of benzene rings is 2. The summed E-state index contributed by atoms with van der Waals surface area (Å²) in [7, 11) is 1.35. The lowest BCUT2D eigenvalue weighted by Gasteiger charge is -2.36. The standard InChI is InChI=1S/C23H23F3N4O2/c1-13-19(31)11-16-17(28-13)5-3-14(20(16)24)12-29-7-9-30(10-8-29)18-6-4-15(23(32)27-2)21(25)22(18)26/h3-6H,7-12H2,1-2H3,(H,27,32). The van der Waals surface area contributed by atoms with Gasteiger partial charge in [0, 0.05) is 57.3 Å². The quantitative estimate of drug-likeness (QED) is 0.788. The fraction of sp³-hybridized carbons (Fsp3) is 0.348. The first-order valence-electron chi connectivity index (χ1n) is 10.4. The van der Waals surface area contributed by atoms with Gasteiger partial charge in [-0.1, -0.05) is 6.07 Å². The highest BCUT2D eigenvalue weighted by molar-refractivity contribution is 6.40. The van der Waals surface area contributed by atoms with Crippen molar-refractivity contribution < 1.29 is 22.8 Å². The molecule has 2 aromatic carbocycles. The third-order valence-electron chi connectivity index (χ3n) is 5.97. The number of carbonyl (C=O) groups is 2. The number of amides is 1. The number of fused-ring (bicyclic) bond motifs is 1. The molecule has 1 N–H and O–H groups in total. The van der Waals surface area contributed by atoms with Gasteiger partial charge in [-0.3, -0.25) is 14.5 Å². The number of halogens is 3. The van der Waals surface area contributed by atoms with Crippen LogP contribution in [-0.4, -0.2) is 55.5 Å². The summed E-state index contributed by atoms with van der Waals surface area (Å²) in [5, 5.41) is 2.28. The first-order valence-corrected chi connectivity index (χ1v) is 10.4. The zero-order valence-corrected chi connectivity index (χ0v) is 17.8. The number of piperazine rings is 1. The second kappa shape index (κ2) is 8.74. The van der Waals surface area contributed by atoms with Gasteiger partial charge in [0.15, 0.2) is 17.4 Å². The molecule has 0 bridgehead atoms. The van der Waals surface area contributed by atoms with Crippen molar-refractivity contribution in [3.63, 3.8) is 0 Å². The number of rotatable bonds is 4. The second-order valence-corrected chi connectivity index (χ2v) is 7.94. The highest BCUT2D eigenvalue weighted by Crippen LogP contribution is 2.30. The zero-order valence-electron chi connectivity index (χ0n) is 17.8. The normalized spacial score (nSPS) is 16.6. The predicted molar refractivity (Wildman–Crippen MR) is 115 cm³/mol. The van der Waals surface area contributed by atoms with Gasteiger partial charge in [-0.25, -0.2) is 18.2 Å². The Morgan fingerprint density at radius 2 is 1.75 bits per heavy atom. The molecule has 2 aliphatic heterocycles. The molecule has 0 aliphatic carbocycles. The molecule has 0 spiro atoms. The Morgan fingerprint density at radius 3 is 2.44 bits per heavy atom. The third-order valence-corrected chi connectivity index (χ3v) is 5.97. The molecule has 2 aliphatic rings. The first kappa shape index (κ1) is 22.0. The van der Waals surface area contributed by atoms with Crippen LogP contribution in [0.3, 0.4) is 0 Å². The van der Waals surface area contributed by atoms with Crippen molar-refractivity contribution >= 4 is 28.8 Å². The van der Waals surface area contributed by atoms with Crippen LogP contribution in [0.25, 0.3) is 0 Å². The minimum absolute atomic E-state index is 0.00894. The van der Waals surface area contributed by atoms with Crippen molar-refractivity contribution in [2.75, 3.05) is 38.1 Å². The highest BCUT2D eigenvalue weighted by Gasteiger charge is 2.26. The minimum atomic E-state index is -1.17. The molecule has 32 heavy (non-hydrogen) atoms. The van der Waals surface area contributed by atoms with Crippen molar-refractivity contribution in [1.29, 1.82) is 0 Å². The van der Waals surface area contributed by atoms with Crippen LogP contribution in [0.1, 0.15) is 28.4 Å². The molecule has 6 nitrogen and oxygen atoms in total. The van der Waals surface area contributed by atoms with Crippen LogP contribution in [0, 0.1) is 17.5 Å². The van der Waals surface area contributed by atoms with Gasteiger partial charge in [-0.15, -0.1) is 0 Å². The van der Waals surface area contributed by atoms with Crippen LogP contribution in [0.4, 0.5) is 24.5 Å². The van der Waals surface area contributed by atoms with E-state index in [-0.39, 0.29) is 23.5 Å². The summed E-state index contributed by atoms with van der Waals surface area (Å²) in [6.07, 6.45) is 0.00894. The van der Waals surface area contributed by atoms with Crippen molar-refractivity contribution in [3.05, 3.63) is 58.4 Å². The smallest absolute Gasteiger partial charge is 0.254 e. The van der Waals surface area contributed by atoms with E-state index in [1.807, 2.05) is 4.90 Å². The number of nitrogens with zero attached hydrogens (tertiary/aromatic N) is 3. The average Bonchev–Trinajstić information content (AvgIpc) is 2.79. The number of anilines is 1. The summed E-state index contributed by atoms with van der Waals surface area (Å²) in [4.78, 5) is 31.5. The number of hydrogen-bond acceptors (Lipinski definition) is 5. The van der Waals surface area contributed by atoms with Crippen molar-refractivity contribution in [1.82, 2.24) is 10.2 Å². The van der Waals surface area contributed by atoms with Crippen LogP contribution in [0.5, 0.6) is 0 Å². The monoisotopic (exact) mass is 444 g/mol. The fourth-order valence-electron chi connectivity index (χ4n) is 4.07. The number of Topliss-reactive ketones (excluding diaryl/α,β-unsaturated/α-hetero) is 1. The summed E-state index contributed by atoms with van der Waals surface area (Å²) >= 11 is 0. The molecular formula is C23H23F3N4O2.